The van der Waals surface area contributed by atoms with E-state index >= 15 is 0 Å². The summed E-state index contributed by atoms with van der Waals surface area (Å²) in [5.41, 5.74) is -2.34. The summed E-state index contributed by atoms with van der Waals surface area (Å²) < 4.78 is 69.1. The van der Waals surface area contributed by atoms with Crippen LogP contribution < -0.4 is 4.80 Å². The lowest BCUT2D eigenvalue weighted by molar-refractivity contribution is -0.140. The van der Waals surface area contributed by atoms with Gasteiger partial charge in [0.15, 0.2) is 10.6 Å². The number of hydrogen-bond acceptors (Lipinski definition) is 2. The normalized spacial score (nSPS) is 15.8. The highest BCUT2D eigenvalue weighted by Gasteiger charge is 2.37. The summed E-state index contributed by atoms with van der Waals surface area (Å²) in [6.07, 6.45) is -2.97. The molecule has 1 aromatic carbocycles. The number of carbonyl (C=O) groups excluding carboxylic acids is 1. The highest BCUT2D eigenvalue weighted by molar-refractivity contribution is 7.09. The van der Waals surface area contributed by atoms with E-state index in [0.29, 0.717) is 18.5 Å². The quantitative estimate of drug-likeness (QED) is 0.581. The molecule has 158 valence electrons. The van der Waals surface area contributed by atoms with Crippen molar-refractivity contribution >= 4 is 17.2 Å². The molecule has 0 bridgehead atoms. The lowest BCUT2D eigenvalue weighted by Gasteiger charge is -2.17. The second kappa shape index (κ2) is 7.34. The van der Waals surface area contributed by atoms with Gasteiger partial charge in [-0.25, -0.2) is 8.78 Å². The minimum atomic E-state index is -5.04. The van der Waals surface area contributed by atoms with Crippen LogP contribution in [0, 0.1) is 24.5 Å². The van der Waals surface area contributed by atoms with E-state index in [2.05, 4.69) is 4.99 Å². The zero-order chi connectivity index (χ0) is 21.7. The summed E-state index contributed by atoms with van der Waals surface area (Å²) in [6, 6.07) is 0.717. The summed E-state index contributed by atoms with van der Waals surface area (Å²) in [6.45, 7) is 8.47. The van der Waals surface area contributed by atoms with Crippen LogP contribution in [0.5, 0.6) is 0 Å². The Morgan fingerprint density at radius 3 is 2.34 bits per heavy atom. The molecule has 3 rings (SSSR count). The Bertz CT molecular complexity index is 1020. The number of alkyl halides is 3. The molecule has 9 heteroatoms. The summed E-state index contributed by atoms with van der Waals surface area (Å²) in [4.78, 5) is 17.6. The molecule has 0 spiro atoms. The second-order valence-corrected chi connectivity index (χ2v) is 9.28. The molecule has 1 aliphatic rings. The van der Waals surface area contributed by atoms with Gasteiger partial charge in [-0.05, 0) is 43.2 Å². The van der Waals surface area contributed by atoms with Crippen molar-refractivity contribution in [2.75, 3.05) is 0 Å². The molecule has 1 aromatic heterocycles. The first-order valence-electron chi connectivity index (χ1n) is 9.15. The van der Waals surface area contributed by atoms with E-state index in [1.54, 1.807) is 0 Å². The highest BCUT2D eigenvalue weighted by Crippen LogP contribution is 2.35. The average Bonchev–Trinajstić information content (AvgIpc) is 3.32. The van der Waals surface area contributed by atoms with Gasteiger partial charge in [0, 0.05) is 17.1 Å². The number of carbonyl (C=O) groups is 1. The van der Waals surface area contributed by atoms with Gasteiger partial charge in [-0.1, -0.05) is 20.8 Å². The number of benzene rings is 1. The molecular weight excluding hydrogens is 411 g/mol. The molecule has 1 saturated carbocycles. The van der Waals surface area contributed by atoms with Gasteiger partial charge in [0.1, 0.15) is 11.4 Å². The monoisotopic (exact) mass is 432 g/mol. The summed E-state index contributed by atoms with van der Waals surface area (Å²) in [5, 5.41) is 0. The molecule has 3 nitrogen and oxygen atoms in total. The van der Waals surface area contributed by atoms with E-state index in [0.717, 1.165) is 23.4 Å². The first-order valence-corrected chi connectivity index (χ1v) is 9.97. The van der Waals surface area contributed by atoms with Crippen molar-refractivity contribution in [1.29, 1.82) is 0 Å². The number of aromatic nitrogens is 1. The Balaban J connectivity index is 2.15. The van der Waals surface area contributed by atoms with Gasteiger partial charge in [0.25, 0.3) is 5.91 Å². The predicted molar refractivity (Wildman–Crippen MR) is 99.7 cm³/mol. The maximum Gasteiger partial charge on any atom is 0.419 e. The number of thiazole rings is 1. The largest absolute Gasteiger partial charge is 0.419 e. The topological polar surface area (TPSA) is 34.4 Å². The summed E-state index contributed by atoms with van der Waals surface area (Å²) >= 11 is 1.22. The fraction of sp³-hybridized carbons (Fsp3) is 0.500. The number of rotatable bonds is 3. The van der Waals surface area contributed by atoms with E-state index in [4.69, 9.17) is 0 Å². The molecule has 1 aliphatic carbocycles. The molecule has 29 heavy (non-hydrogen) atoms. The molecule has 1 fully saturated rings. The minimum absolute atomic E-state index is 0.237. The third-order valence-electron chi connectivity index (χ3n) is 4.78. The summed E-state index contributed by atoms with van der Waals surface area (Å²) in [5.74, 6) is -4.24. The maximum atomic E-state index is 14.3. The zero-order valence-electron chi connectivity index (χ0n) is 16.5. The predicted octanol–water partition coefficient (Wildman–Crippen LogP) is 5.60. The molecule has 1 amide bonds. The standard InChI is InChI=1S/C20H21F5N2OS/c1-10-16(19(2,3)4)29-18(27(10)9-11-5-6-11)26-17(28)14-13(21)8-7-12(15(14)22)20(23,24)25/h7-8,11H,5-6,9H2,1-4H3. The molecule has 0 saturated heterocycles. The second-order valence-electron chi connectivity index (χ2n) is 8.30. The highest BCUT2D eigenvalue weighted by atomic mass is 32.1. The maximum absolute atomic E-state index is 14.3. The fourth-order valence-corrected chi connectivity index (χ4v) is 4.35. The van der Waals surface area contributed by atoms with Crippen LogP contribution in [0.4, 0.5) is 22.0 Å². The molecule has 0 radical (unpaired) electrons. The van der Waals surface area contributed by atoms with Crippen molar-refractivity contribution in [2.45, 2.75) is 58.7 Å². The van der Waals surface area contributed by atoms with E-state index in [1.165, 1.54) is 11.3 Å². The molecule has 0 atom stereocenters. The molecule has 0 unspecified atom stereocenters. The van der Waals surface area contributed by atoms with Gasteiger partial charge < -0.3 is 4.57 Å². The van der Waals surface area contributed by atoms with Crippen LogP contribution in [0.15, 0.2) is 17.1 Å². The Kier molecular flexibility index (Phi) is 5.49. The van der Waals surface area contributed by atoms with Crippen LogP contribution in [0.1, 0.15) is 60.1 Å². The van der Waals surface area contributed by atoms with Crippen molar-refractivity contribution in [3.05, 3.63) is 50.3 Å². The van der Waals surface area contributed by atoms with Gasteiger partial charge in [-0.2, -0.15) is 18.2 Å². The van der Waals surface area contributed by atoms with Crippen LogP contribution in [0.3, 0.4) is 0 Å². The van der Waals surface area contributed by atoms with E-state index in [9.17, 15) is 26.7 Å². The molecule has 2 aromatic rings. The van der Waals surface area contributed by atoms with E-state index in [-0.39, 0.29) is 16.3 Å². The lowest BCUT2D eigenvalue weighted by Crippen LogP contribution is -2.21. The molecule has 1 heterocycles. The van der Waals surface area contributed by atoms with Crippen LogP contribution in [0.2, 0.25) is 0 Å². The van der Waals surface area contributed by atoms with E-state index in [1.807, 2.05) is 32.3 Å². The third kappa shape index (κ3) is 4.44. The van der Waals surface area contributed by atoms with Gasteiger partial charge in [-0.3, -0.25) is 4.79 Å². The van der Waals surface area contributed by atoms with Crippen molar-refractivity contribution in [3.63, 3.8) is 0 Å². The number of nitrogens with zero attached hydrogens (tertiary/aromatic N) is 2. The van der Waals surface area contributed by atoms with Crippen molar-refractivity contribution in [2.24, 2.45) is 10.9 Å². The van der Waals surface area contributed by atoms with Gasteiger partial charge in [-0.15, -0.1) is 11.3 Å². The van der Waals surface area contributed by atoms with E-state index < -0.39 is 34.8 Å². The van der Waals surface area contributed by atoms with Gasteiger partial charge >= 0.3 is 6.18 Å². The Labute approximate surface area is 168 Å². The van der Waals surface area contributed by atoms with Crippen molar-refractivity contribution in [3.8, 4) is 0 Å². The van der Waals surface area contributed by atoms with Crippen molar-refractivity contribution in [1.82, 2.24) is 4.57 Å². The first kappa shape index (κ1) is 21.7. The third-order valence-corrected chi connectivity index (χ3v) is 6.39. The smallest absolute Gasteiger partial charge is 0.320 e. The Morgan fingerprint density at radius 2 is 1.83 bits per heavy atom. The van der Waals surface area contributed by atoms with Crippen LogP contribution in [-0.2, 0) is 18.1 Å². The number of hydrogen-bond donors (Lipinski definition) is 0. The SMILES string of the molecule is Cc1c(C(C)(C)C)sc(=NC(=O)c2c(F)ccc(C(F)(F)F)c2F)n1CC1CC1. The van der Waals surface area contributed by atoms with Crippen LogP contribution in [0.25, 0.3) is 0 Å². The molecule has 0 N–H and O–H groups in total. The number of amides is 1. The summed E-state index contributed by atoms with van der Waals surface area (Å²) in [7, 11) is 0. The fourth-order valence-electron chi connectivity index (χ4n) is 3.15. The minimum Gasteiger partial charge on any atom is -0.320 e. The molecule has 0 aliphatic heterocycles. The van der Waals surface area contributed by atoms with Crippen LogP contribution >= 0.6 is 11.3 Å². The Morgan fingerprint density at radius 1 is 1.21 bits per heavy atom. The zero-order valence-corrected chi connectivity index (χ0v) is 17.3. The van der Waals surface area contributed by atoms with Crippen molar-refractivity contribution < 1.29 is 26.7 Å². The van der Waals surface area contributed by atoms with Gasteiger partial charge in [0.2, 0.25) is 0 Å². The van der Waals surface area contributed by atoms with Gasteiger partial charge in [0.05, 0.1) is 5.56 Å². The number of halogens is 5. The Hall–Kier alpha value is -2.03. The average molecular weight is 432 g/mol. The first-order chi connectivity index (χ1) is 13.3. The molecular formula is C20H21F5N2OS. The van der Waals surface area contributed by atoms with Crippen LogP contribution in [-0.4, -0.2) is 10.5 Å². The lowest BCUT2D eigenvalue weighted by atomic mass is 9.93.